The fourth-order valence-electron chi connectivity index (χ4n) is 3.76. The third-order valence-corrected chi connectivity index (χ3v) is 6.30. The number of aryl methyl sites for hydroxylation is 1. The highest BCUT2D eigenvalue weighted by Crippen LogP contribution is 2.32. The monoisotopic (exact) mass is 442 g/mol. The summed E-state index contributed by atoms with van der Waals surface area (Å²) in [6.07, 6.45) is 0.221. The zero-order chi connectivity index (χ0) is 21.2. The van der Waals surface area contributed by atoms with Gasteiger partial charge in [-0.15, -0.1) is 16.4 Å². The number of piperazine rings is 1. The van der Waals surface area contributed by atoms with Crippen LogP contribution in [0.3, 0.4) is 0 Å². The predicted molar refractivity (Wildman–Crippen MR) is 113 cm³/mol. The van der Waals surface area contributed by atoms with Gasteiger partial charge in [-0.25, -0.2) is 4.79 Å². The number of nitrogens with zero attached hydrogens (tertiary/aromatic N) is 4. The van der Waals surface area contributed by atoms with Crippen molar-refractivity contribution in [1.29, 1.82) is 0 Å². The third kappa shape index (κ3) is 4.35. The van der Waals surface area contributed by atoms with Crippen molar-refractivity contribution in [3.63, 3.8) is 0 Å². The lowest BCUT2D eigenvalue weighted by Gasteiger charge is -2.34. The van der Waals surface area contributed by atoms with E-state index in [0.29, 0.717) is 19.0 Å². The summed E-state index contributed by atoms with van der Waals surface area (Å²) in [7, 11) is 0. The van der Waals surface area contributed by atoms with E-state index >= 15 is 0 Å². The van der Waals surface area contributed by atoms with Crippen molar-refractivity contribution in [3.8, 4) is 22.3 Å². The van der Waals surface area contributed by atoms with Crippen LogP contribution in [0.2, 0.25) is 0 Å². The van der Waals surface area contributed by atoms with E-state index in [4.69, 9.17) is 13.9 Å². The molecule has 162 valence electrons. The van der Waals surface area contributed by atoms with Crippen LogP contribution in [0.4, 0.5) is 0 Å². The average molecular weight is 442 g/mol. The second kappa shape index (κ2) is 8.56. The number of hydrogen-bond donors (Lipinski definition) is 0. The van der Waals surface area contributed by atoms with Gasteiger partial charge in [0.25, 0.3) is 5.89 Å². The van der Waals surface area contributed by atoms with Gasteiger partial charge in [-0.2, -0.15) is 4.68 Å². The first kappa shape index (κ1) is 19.8. The molecule has 1 amide bonds. The van der Waals surface area contributed by atoms with E-state index in [1.165, 1.54) is 16.0 Å². The lowest BCUT2D eigenvalue weighted by atomic mass is 10.1. The first-order chi connectivity index (χ1) is 15.2. The molecular weight excluding hydrogens is 420 g/mol. The topological polar surface area (TPSA) is 90.0 Å². The van der Waals surface area contributed by atoms with Gasteiger partial charge in [0, 0.05) is 39.1 Å². The molecule has 1 fully saturated rings. The first-order valence-electron chi connectivity index (χ1n) is 10.2. The molecule has 5 rings (SSSR count). The standard InChI is InChI=1S/C21H22N4O5S/c26-19(5-6-25-21(27)30-20(22-25)18-2-1-11-31-18)24-9-7-23(8-10-24)13-15-3-4-16-17(12-15)29-14-28-16/h1-4,11-12H,5-10,13-14H2. The summed E-state index contributed by atoms with van der Waals surface area (Å²) in [6.45, 7) is 4.21. The van der Waals surface area contributed by atoms with E-state index in [1.807, 2.05) is 40.6 Å². The number of fused-ring (bicyclic) bond motifs is 1. The van der Waals surface area contributed by atoms with Gasteiger partial charge < -0.3 is 18.8 Å². The second-order valence-electron chi connectivity index (χ2n) is 7.47. The average Bonchev–Trinajstić information content (AvgIpc) is 3.53. The highest BCUT2D eigenvalue weighted by atomic mass is 32.1. The maximum atomic E-state index is 12.6. The fourth-order valence-corrected chi connectivity index (χ4v) is 4.40. The minimum absolute atomic E-state index is 0.0234. The van der Waals surface area contributed by atoms with E-state index in [9.17, 15) is 9.59 Å². The molecule has 2 aliphatic rings. The number of hydrogen-bond acceptors (Lipinski definition) is 8. The molecule has 0 atom stereocenters. The summed E-state index contributed by atoms with van der Waals surface area (Å²) >= 11 is 1.45. The van der Waals surface area contributed by atoms with Crippen molar-refractivity contribution < 1.29 is 18.7 Å². The van der Waals surface area contributed by atoms with Crippen LogP contribution < -0.4 is 15.2 Å². The highest BCUT2D eigenvalue weighted by Gasteiger charge is 2.22. The molecule has 2 aliphatic heterocycles. The number of aromatic nitrogens is 2. The maximum absolute atomic E-state index is 12.6. The number of carbonyl (C=O) groups is 1. The summed E-state index contributed by atoms with van der Waals surface area (Å²) in [5.74, 6) is 1.36. The Bertz CT molecular complexity index is 1120. The zero-order valence-corrected chi connectivity index (χ0v) is 17.7. The number of benzene rings is 1. The van der Waals surface area contributed by atoms with Crippen molar-refractivity contribution in [2.45, 2.75) is 19.5 Å². The Balaban J connectivity index is 1.11. The van der Waals surface area contributed by atoms with Crippen LogP contribution in [-0.4, -0.2) is 58.5 Å². The molecular formula is C21H22N4O5S. The van der Waals surface area contributed by atoms with Crippen LogP contribution in [0, 0.1) is 0 Å². The van der Waals surface area contributed by atoms with Gasteiger partial charge in [0.1, 0.15) is 0 Å². The molecule has 31 heavy (non-hydrogen) atoms. The Hall–Kier alpha value is -3.11. The number of rotatable bonds is 6. The summed E-state index contributed by atoms with van der Waals surface area (Å²) in [6, 6.07) is 9.71. The highest BCUT2D eigenvalue weighted by molar-refractivity contribution is 7.13. The minimum Gasteiger partial charge on any atom is -0.454 e. The molecule has 10 heteroatoms. The van der Waals surface area contributed by atoms with Gasteiger partial charge in [-0.05, 0) is 29.1 Å². The van der Waals surface area contributed by atoms with Gasteiger partial charge in [-0.1, -0.05) is 12.1 Å². The normalized spacial score (nSPS) is 16.1. The molecule has 3 aromatic rings. The zero-order valence-electron chi connectivity index (χ0n) is 16.9. The molecule has 4 heterocycles. The molecule has 2 aromatic heterocycles. The van der Waals surface area contributed by atoms with Gasteiger partial charge >= 0.3 is 5.76 Å². The molecule has 1 saturated heterocycles. The lowest BCUT2D eigenvalue weighted by Crippen LogP contribution is -2.48. The summed E-state index contributed by atoms with van der Waals surface area (Å²) in [5, 5.41) is 6.10. The predicted octanol–water partition coefficient (Wildman–Crippen LogP) is 2.03. The maximum Gasteiger partial charge on any atom is 0.437 e. The van der Waals surface area contributed by atoms with Crippen molar-refractivity contribution >= 4 is 17.2 Å². The van der Waals surface area contributed by atoms with Crippen LogP contribution in [0.25, 0.3) is 10.8 Å². The summed E-state index contributed by atoms with van der Waals surface area (Å²) < 4.78 is 17.2. The summed E-state index contributed by atoms with van der Waals surface area (Å²) in [5.41, 5.74) is 1.16. The third-order valence-electron chi connectivity index (χ3n) is 5.44. The molecule has 0 bridgehead atoms. The van der Waals surface area contributed by atoms with Crippen molar-refractivity contribution in [2.24, 2.45) is 0 Å². The number of amides is 1. The SMILES string of the molecule is O=C(CCn1nc(-c2cccs2)oc1=O)N1CCN(Cc2ccc3c(c2)OCO3)CC1. The Morgan fingerprint density at radius 2 is 1.94 bits per heavy atom. The number of ether oxygens (including phenoxy) is 2. The molecule has 0 saturated carbocycles. The van der Waals surface area contributed by atoms with E-state index in [1.54, 1.807) is 0 Å². The second-order valence-corrected chi connectivity index (χ2v) is 8.42. The molecule has 9 nitrogen and oxygen atoms in total. The van der Waals surface area contributed by atoms with Gasteiger partial charge in [-0.3, -0.25) is 9.69 Å². The van der Waals surface area contributed by atoms with Crippen LogP contribution in [0.15, 0.2) is 44.9 Å². The first-order valence-corrected chi connectivity index (χ1v) is 11.0. The molecule has 1 aromatic carbocycles. The Morgan fingerprint density at radius 3 is 2.74 bits per heavy atom. The van der Waals surface area contributed by atoms with Crippen molar-refractivity contribution in [3.05, 3.63) is 51.8 Å². The Kier molecular flexibility index (Phi) is 5.47. The lowest BCUT2D eigenvalue weighted by molar-refractivity contribution is -0.133. The fraction of sp³-hybridized carbons (Fsp3) is 0.381. The van der Waals surface area contributed by atoms with Crippen LogP contribution in [0.5, 0.6) is 11.5 Å². The smallest absolute Gasteiger partial charge is 0.437 e. The molecule has 0 spiro atoms. The molecule has 0 radical (unpaired) electrons. The van der Waals surface area contributed by atoms with E-state index in [2.05, 4.69) is 10.00 Å². The quantitative estimate of drug-likeness (QED) is 0.577. The van der Waals surface area contributed by atoms with E-state index < -0.39 is 5.76 Å². The van der Waals surface area contributed by atoms with Gasteiger partial charge in [0.15, 0.2) is 11.5 Å². The van der Waals surface area contributed by atoms with Crippen LogP contribution in [-0.2, 0) is 17.9 Å². The Labute approximate surface area is 182 Å². The largest absolute Gasteiger partial charge is 0.454 e. The van der Waals surface area contributed by atoms with Crippen molar-refractivity contribution in [1.82, 2.24) is 19.6 Å². The molecule has 0 N–H and O–H groups in total. The van der Waals surface area contributed by atoms with Crippen LogP contribution in [0.1, 0.15) is 12.0 Å². The minimum atomic E-state index is -0.537. The van der Waals surface area contributed by atoms with Crippen LogP contribution >= 0.6 is 11.3 Å². The number of thiophene rings is 1. The molecule has 0 unspecified atom stereocenters. The Morgan fingerprint density at radius 1 is 1.10 bits per heavy atom. The van der Waals surface area contributed by atoms with Crippen molar-refractivity contribution in [2.75, 3.05) is 33.0 Å². The van der Waals surface area contributed by atoms with Gasteiger partial charge in [0.2, 0.25) is 12.7 Å². The van der Waals surface area contributed by atoms with E-state index in [-0.39, 0.29) is 25.7 Å². The van der Waals surface area contributed by atoms with E-state index in [0.717, 1.165) is 41.6 Å². The molecule has 0 aliphatic carbocycles. The number of carbonyl (C=O) groups excluding carboxylic acids is 1. The summed E-state index contributed by atoms with van der Waals surface area (Å²) in [4.78, 5) is 29.6. The van der Waals surface area contributed by atoms with Gasteiger partial charge in [0.05, 0.1) is 11.4 Å².